The molecule has 134 valence electrons. The van der Waals surface area contributed by atoms with Crippen LogP contribution in [0.4, 0.5) is 0 Å². The number of benzene rings is 1. The van der Waals surface area contributed by atoms with Crippen molar-refractivity contribution in [2.75, 3.05) is 6.61 Å². The Bertz CT molecular complexity index is 662. The van der Waals surface area contributed by atoms with E-state index in [2.05, 4.69) is 5.32 Å². The summed E-state index contributed by atoms with van der Waals surface area (Å²) in [5.41, 5.74) is 0.364. The Morgan fingerprint density at radius 3 is 2.48 bits per heavy atom. The number of nitrogens with one attached hydrogen (secondary N) is 1. The number of hydrogen-bond acceptors (Lipinski definition) is 7. The first kappa shape index (κ1) is 17.4. The summed E-state index contributed by atoms with van der Waals surface area (Å²) in [7, 11) is 0. The molecule has 1 amide bonds. The first-order valence-corrected chi connectivity index (χ1v) is 7.93. The maximum Gasteiger partial charge on any atom is 0.340 e. The van der Waals surface area contributed by atoms with Gasteiger partial charge < -0.3 is 24.3 Å². The van der Waals surface area contributed by atoms with Crippen molar-refractivity contribution in [2.24, 2.45) is 0 Å². The van der Waals surface area contributed by atoms with Gasteiger partial charge in [0.05, 0.1) is 12.2 Å². The zero-order valence-corrected chi connectivity index (χ0v) is 13.8. The summed E-state index contributed by atoms with van der Waals surface area (Å²) in [5.74, 6) is -1.40. The molecule has 0 spiro atoms. The van der Waals surface area contributed by atoms with Crippen LogP contribution in [0.5, 0.6) is 0 Å². The van der Waals surface area contributed by atoms with Gasteiger partial charge in [0.15, 0.2) is 6.10 Å². The molecule has 25 heavy (non-hydrogen) atoms. The predicted molar refractivity (Wildman–Crippen MR) is 83.4 cm³/mol. The molecule has 1 N–H and O–H groups in total. The number of rotatable bonds is 4. The van der Waals surface area contributed by atoms with E-state index in [4.69, 9.17) is 18.9 Å². The number of ether oxygens (including phenoxy) is 4. The molecule has 8 heteroatoms. The van der Waals surface area contributed by atoms with Crippen LogP contribution in [0.3, 0.4) is 0 Å². The first-order chi connectivity index (χ1) is 12.0. The first-order valence-electron chi connectivity index (χ1n) is 7.93. The molecule has 1 aromatic carbocycles. The normalized spacial score (nSPS) is 30.4. The monoisotopic (exact) mass is 349 g/mol. The molecule has 0 aliphatic carbocycles. The minimum Gasteiger partial charge on any atom is -0.457 e. The Labute approximate surface area is 144 Å². The van der Waals surface area contributed by atoms with E-state index in [1.165, 1.54) is 13.8 Å². The topological polar surface area (TPSA) is 100 Å². The van der Waals surface area contributed by atoms with Crippen molar-refractivity contribution < 1.29 is 33.3 Å². The summed E-state index contributed by atoms with van der Waals surface area (Å²) in [6, 6.07) is 7.66. The number of esters is 2. The Morgan fingerprint density at radius 1 is 1.12 bits per heavy atom. The smallest absolute Gasteiger partial charge is 0.340 e. The Morgan fingerprint density at radius 2 is 1.84 bits per heavy atom. The highest BCUT2D eigenvalue weighted by Crippen LogP contribution is 2.33. The van der Waals surface area contributed by atoms with Crippen LogP contribution < -0.4 is 5.32 Å². The highest BCUT2D eigenvalue weighted by molar-refractivity contribution is 5.89. The Kier molecular flexibility index (Phi) is 5.00. The largest absolute Gasteiger partial charge is 0.457 e. The van der Waals surface area contributed by atoms with Crippen molar-refractivity contribution >= 4 is 17.8 Å². The van der Waals surface area contributed by atoms with Crippen LogP contribution in [0.25, 0.3) is 0 Å². The molecule has 8 nitrogen and oxygen atoms in total. The molecule has 0 saturated carbocycles. The summed E-state index contributed by atoms with van der Waals surface area (Å²) >= 11 is 0. The molecule has 2 fully saturated rings. The Balaban J connectivity index is 1.78. The highest BCUT2D eigenvalue weighted by atomic mass is 16.7. The summed E-state index contributed by atoms with van der Waals surface area (Å²) in [5, 5.41) is 2.66. The number of hydrogen-bond donors (Lipinski definition) is 1. The summed E-state index contributed by atoms with van der Waals surface area (Å²) in [6.45, 7) is 2.80. The quantitative estimate of drug-likeness (QED) is 0.786. The van der Waals surface area contributed by atoms with E-state index >= 15 is 0 Å². The third-order valence-electron chi connectivity index (χ3n) is 4.00. The molecule has 1 aromatic rings. The number of carbonyl (C=O) groups is 3. The predicted octanol–water partition coefficient (Wildman–Crippen LogP) is 0.403. The van der Waals surface area contributed by atoms with Gasteiger partial charge in [0.1, 0.15) is 18.2 Å². The van der Waals surface area contributed by atoms with E-state index in [1.54, 1.807) is 30.3 Å². The molecule has 0 unspecified atom stereocenters. The van der Waals surface area contributed by atoms with Gasteiger partial charge in [-0.3, -0.25) is 9.59 Å². The van der Waals surface area contributed by atoms with Crippen molar-refractivity contribution in [1.82, 2.24) is 5.32 Å². The second-order valence-electron chi connectivity index (χ2n) is 5.91. The molecule has 0 radical (unpaired) electrons. The van der Waals surface area contributed by atoms with Gasteiger partial charge in [-0.25, -0.2) is 4.79 Å². The molecular weight excluding hydrogens is 330 g/mol. The van der Waals surface area contributed by atoms with Crippen LogP contribution in [0.1, 0.15) is 24.2 Å². The van der Waals surface area contributed by atoms with Gasteiger partial charge in [0.2, 0.25) is 12.2 Å². The van der Waals surface area contributed by atoms with E-state index in [0.717, 1.165) is 0 Å². The van der Waals surface area contributed by atoms with Gasteiger partial charge in [-0.1, -0.05) is 18.2 Å². The average molecular weight is 349 g/mol. The lowest BCUT2D eigenvalue weighted by Crippen LogP contribution is -2.61. The van der Waals surface area contributed by atoms with Gasteiger partial charge in [-0.15, -0.1) is 0 Å². The third kappa shape index (κ3) is 3.80. The zero-order chi connectivity index (χ0) is 18.0. The minimum absolute atomic E-state index is 0.179. The van der Waals surface area contributed by atoms with Crippen molar-refractivity contribution in [3.63, 3.8) is 0 Å². The standard InChI is InChI=1S/C17H19NO7/c1-9(19)18-13-15-14(23-10(2)20)12(8-22-15)24-17(13)25-16(21)11-6-4-3-5-7-11/h3-7,12-15,17H,8H2,1-2H3,(H,18,19)/t12-,13-,14+,15+,17-/m0/s1. The fourth-order valence-electron chi connectivity index (χ4n) is 3.01. The second kappa shape index (κ2) is 7.20. The fraction of sp³-hybridized carbons (Fsp3) is 0.471. The molecule has 2 bridgehead atoms. The number of fused-ring (bicyclic) bond motifs is 2. The van der Waals surface area contributed by atoms with Gasteiger partial charge in [-0.2, -0.15) is 0 Å². The molecule has 3 rings (SSSR count). The van der Waals surface area contributed by atoms with Crippen molar-refractivity contribution in [1.29, 1.82) is 0 Å². The SMILES string of the molecule is CC(=O)N[C@@H]1[C@H](OC(=O)c2ccccc2)O[C@H]2CO[C@H]1[C@@H]2OC(C)=O. The lowest BCUT2D eigenvalue weighted by molar-refractivity contribution is -0.216. The maximum absolute atomic E-state index is 12.3. The van der Waals surface area contributed by atoms with Crippen LogP contribution >= 0.6 is 0 Å². The van der Waals surface area contributed by atoms with E-state index in [-0.39, 0.29) is 12.5 Å². The summed E-state index contributed by atoms with van der Waals surface area (Å²) in [4.78, 5) is 35.1. The molecule has 2 aliphatic rings. The fourth-order valence-corrected chi connectivity index (χ4v) is 3.01. The lowest BCUT2D eigenvalue weighted by Gasteiger charge is -2.38. The van der Waals surface area contributed by atoms with Crippen molar-refractivity contribution in [2.45, 2.75) is 44.5 Å². The van der Waals surface area contributed by atoms with Crippen LogP contribution in [0.15, 0.2) is 30.3 Å². The number of carbonyl (C=O) groups excluding carboxylic acids is 3. The van der Waals surface area contributed by atoms with Crippen LogP contribution in [0, 0.1) is 0 Å². The van der Waals surface area contributed by atoms with Gasteiger partial charge in [-0.05, 0) is 12.1 Å². The van der Waals surface area contributed by atoms with Gasteiger partial charge >= 0.3 is 11.9 Å². The lowest BCUT2D eigenvalue weighted by atomic mass is 9.99. The van der Waals surface area contributed by atoms with Crippen LogP contribution in [0.2, 0.25) is 0 Å². The van der Waals surface area contributed by atoms with Gasteiger partial charge in [0, 0.05) is 13.8 Å². The molecule has 5 atom stereocenters. The van der Waals surface area contributed by atoms with E-state index in [0.29, 0.717) is 5.56 Å². The molecule has 2 heterocycles. The van der Waals surface area contributed by atoms with Crippen molar-refractivity contribution in [3.8, 4) is 0 Å². The molecule has 2 aliphatic heterocycles. The summed E-state index contributed by atoms with van der Waals surface area (Å²) in [6.07, 6.45) is -2.92. The Hall–Kier alpha value is -2.45. The third-order valence-corrected chi connectivity index (χ3v) is 4.00. The molecule has 0 aromatic heterocycles. The van der Waals surface area contributed by atoms with E-state index in [9.17, 15) is 14.4 Å². The number of amides is 1. The highest BCUT2D eigenvalue weighted by Gasteiger charge is 2.55. The maximum atomic E-state index is 12.3. The van der Waals surface area contributed by atoms with Crippen LogP contribution in [-0.2, 0) is 28.5 Å². The zero-order valence-electron chi connectivity index (χ0n) is 13.8. The van der Waals surface area contributed by atoms with Crippen LogP contribution in [-0.4, -0.2) is 55.1 Å². The average Bonchev–Trinajstić information content (AvgIpc) is 2.85. The molecular formula is C17H19NO7. The van der Waals surface area contributed by atoms with E-state index < -0.39 is 42.6 Å². The van der Waals surface area contributed by atoms with Crippen molar-refractivity contribution in [3.05, 3.63) is 35.9 Å². The van der Waals surface area contributed by atoms with Gasteiger partial charge in [0.25, 0.3) is 0 Å². The van der Waals surface area contributed by atoms with E-state index in [1.807, 2.05) is 0 Å². The molecule has 2 saturated heterocycles. The second-order valence-corrected chi connectivity index (χ2v) is 5.91. The summed E-state index contributed by atoms with van der Waals surface area (Å²) < 4.78 is 22.0. The minimum atomic E-state index is -1.04.